The number of benzene rings is 2. The molecule has 2 aromatic rings. The van der Waals surface area contributed by atoms with E-state index in [1.807, 2.05) is 12.1 Å². The van der Waals surface area contributed by atoms with Crippen molar-refractivity contribution in [2.24, 2.45) is 5.41 Å². The monoisotopic (exact) mass is 408 g/mol. The topological polar surface area (TPSA) is 35.9 Å². The molecule has 1 atom stereocenters. The fraction of sp³-hybridized carbons (Fsp3) is 0.538. The van der Waals surface area contributed by atoms with Crippen molar-refractivity contribution in [2.45, 2.75) is 38.6 Å². The van der Waals surface area contributed by atoms with Gasteiger partial charge in [-0.25, -0.2) is 0 Å². The molecule has 0 radical (unpaired) electrons. The third kappa shape index (κ3) is 5.84. The molecule has 0 aromatic heterocycles. The standard InChI is InChI=1S/C26H36N2O2/c29-18-19-30-25-11-9-24(10-12-25)20-28-17-14-26(22-28)13-5-16-27(21-26)15-4-8-23-6-2-1-3-7-23/h1-3,6-7,9-12,29H,4-5,8,13-22H2. The van der Waals surface area contributed by atoms with Crippen LogP contribution in [0.1, 0.15) is 36.8 Å². The highest BCUT2D eigenvalue weighted by Gasteiger charge is 2.40. The van der Waals surface area contributed by atoms with Gasteiger partial charge in [-0.1, -0.05) is 42.5 Å². The summed E-state index contributed by atoms with van der Waals surface area (Å²) in [5, 5.41) is 8.88. The number of piperidine rings is 1. The first-order valence-corrected chi connectivity index (χ1v) is 11.6. The van der Waals surface area contributed by atoms with Gasteiger partial charge in [0.15, 0.2) is 0 Å². The largest absolute Gasteiger partial charge is 0.491 e. The van der Waals surface area contributed by atoms with Crippen LogP contribution in [0.4, 0.5) is 0 Å². The van der Waals surface area contributed by atoms with E-state index in [1.165, 1.54) is 76.0 Å². The summed E-state index contributed by atoms with van der Waals surface area (Å²) in [5.41, 5.74) is 3.30. The number of rotatable bonds is 9. The maximum atomic E-state index is 8.88. The highest BCUT2D eigenvalue weighted by Crippen LogP contribution is 2.39. The minimum absolute atomic E-state index is 0.0564. The van der Waals surface area contributed by atoms with Crippen molar-refractivity contribution < 1.29 is 9.84 Å². The van der Waals surface area contributed by atoms with Crippen molar-refractivity contribution in [2.75, 3.05) is 45.9 Å². The Bertz CT molecular complexity index is 764. The number of hydrogen-bond acceptors (Lipinski definition) is 4. The summed E-state index contributed by atoms with van der Waals surface area (Å²) in [6, 6.07) is 19.3. The third-order valence-electron chi connectivity index (χ3n) is 6.73. The molecule has 1 spiro atoms. The number of hydrogen-bond donors (Lipinski definition) is 1. The summed E-state index contributed by atoms with van der Waals surface area (Å²) in [6.07, 6.45) is 6.51. The molecule has 4 rings (SSSR count). The maximum Gasteiger partial charge on any atom is 0.119 e. The molecular formula is C26H36N2O2. The second-order valence-electron chi connectivity index (χ2n) is 9.15. The van der Waals surface area contributed by atoms with Crippen molar-refractivity contribution in [3.8, 4) is 5.75 Å². The maximum absolute atomic E-state index is 8.88. The lowest BCUT2D eigenvalue weighted by atomic mass is 9.79. The van der Waals surface area contributed by atoms with Gasteiger partial charge in [0, 0.05) is 19.6 Å². The Morgan fingerprint density at radius 2 is 1.67 bits per heavy atom. The van der Waals surface area contributed by atoms with Crippen LogP contribution >= 0.6 is 0 Å². The van der Waals surface area contributed by atoms with Crippen LogP contribution in [0.2, 0.25) is 0 Å². The molecule has 0 saturated carbocycles. The zero-order valence-corrected chi connectivity index (χ0v) is 18.1. The van der Waals surface area contributed by atoms with Crippen LogP contribution in [0.3, 0.4) is 0 Å². The van der Waals surface area contributed by atoms with Crippen molar-refractivity contribution in [3.63, 3.8) is 0 Å². The lowest BCUT2D eigenvalue weighted by molar-refractivity contribution is 0.0911. The molecule has 162 valence electrons. The first-order valence-electron chi connectivity index (χ1n) is 11.6. The van der Waals surface area contributed by atoms with Gasteiger partial charge in [-0.05, 0) is 80.4 Å². The fourth-order valence-electron chi connectivity index (χ4n) is 5.26. The Morgan fingerprint density at radius 1 is 0.867 bits per heavy atom. The van der Waals surface area contributed by atoms with Gasteiger partial charge >= 0.3 is 0 Å². The summed E-state index contributed by atoms with van der Waals surface area (Å²) in [5.74, 6) is 0.837. The van der Waals surface area contributed by atoms with Gasteiger partial charge in [-0.3, -0.25) is 4.90 Å². The quantitative estimate of drug-likeness (QED) is 0.681. The summed E-state index contributed by atoms with van der Waals surface area (Å²) in [6.45, 7) is 7.64. The Hall–Kier alpha value is -1.88. The normalized spacial score (nSPS) is 22.6. The van der Waals surface area contributed by atoms with E-state index >= 15 is 0 Å². The van der Waals surface area contributed by atoms with Gasteiger partial charge in [0.2, 0.25) is 0 Å². The molecule has 2 heterocycles. The van der Waals surface area contributed by atoms with E-state index < -0.39 is 0 Å². The first-order chi connectivity index (χ1) is 14.7. The Labute approximate surface area is 181 Å². The van der Waals surface area contributed by atoms with Crippen molar-refractivity contribution in [3.05, 3.63) is 65.7 Å². The lowest BCUT2D eigenvalue weighted by Gasteiger charge is -2.40. The molecular weight excluding hydrogens is 372 g/mol. The molecule has 2 aliphatic rings. The molecule has 0 amide bonds. The van der Waals surface area contributed by atoms with E-state index in [-0.39, 0.29) is 6.61 Å². The van der Waals surface area contributed by atoms with Crippen LogP contribution in [0.25, 0.3) is 0 Å². The Morgan fingerprint density at radius 3 is 2.47 bits per heavy atom. The number of aliphatic hydroxyl groups is 1. The molecule has 2 saturated heterocycles. The Balaban J connectivity index is 1.24. The molecule has 4 nitrogen and oxygen atoms in total. The molecule has 2 aliphatic heterocycles. The second-order valence-corrected chi connectivity index (χ2v) is 9.15. The van der Waals surface area contributed by atoms with Crippen LogP contribution in [-0.2, 0) is 13.0 Å². The molecule has 1 unspecified atom stereocenters. The molecule has 30 heavy (non-hydrogen) atoms. The van der Waals surface area contributed by atoms with E-state index in [4.69, 9.17) is 9.84 Å². The number of aliphatic hydroxyl groups excluding tert-OH is 1. The summed E-state index contributed by atoms with van der Waals surface area (Å²) in [4.78, 5) is 5.36. The van der Waals surface area contributed by atoms with Gasteiger partial charge in [-0.15, -0.1) is 0 Å². The SMILES string of the molecule is OCCOc1ccc(CN2CCC3(CCCN(CCCc4ccccc4)C3)C2)cc1. The number of ether oxygens (including phenoxy) is 1. The van der Waals surface area contributed by atoms with Crippen molar-refractivity contribution in [1.29, 1.82) is 0 Å². The molecule has 0 aliphatic carbocycles. The minimum Gasteiger partial charge on any atom is -0.491 e. The highest BCUT2D eigenvalue weighted by molar-refractivity contribution is 5.27. The molecule has 2 aromatic carbocycles. The average molecular weight is 409 g/mol. The number of aryl methyl sites for hydroxylation is 1. The third-order valence-corrected chi connectivity index (χ3v) is 6.73. The van der Waals surface area contributed by atoms with Gasteiger partial charge in [0.1, 0.15) is 12.4 Å². The van der Waals surface area contributed by atoms with E-state index in [0.29, 0.717) is 12.0 Å². The van der Waals surface area contributed by atoms with Crippen molar-refractivity contribution in [1.82, 2.24) is 9.80 Å². The molecule has 4 heteroatoms. The predicted molar refractivity (Wildman–Crippen MR) is 122 cm³/mol. The number of likely N-dealkylation sites (tertiary alicyclic amines) is 2. The smallest absolute Gasteiger partial charge is 0.119 e. The highest BCUT2D eigenvalue weighted by atomic mass is 16.5. The van der Waals surface area contributed by atoms with Crippen LogP contribution in [0.15, 0.2) is 54.6 Å². The van der Waals surface area contributed by atoms with E-state index in [0.717, 1.165) is 12.3 Å². The minimum atomic E-state index is 0.0564. The number of nitrogens with zero attached hydrogens (tertiary/aromatic N) is 2. The van der Waals surface area contributed by atoms with Gasteiger partial charge in [-0.2, -0.15) is 0 Å². The molecule has 0 bridgehead atoms. The van der Waals surface area contributed by atoms with Gasteiger partial charge in [0.05, 0.1) is 6.61 Å². The van der Waals surface area contributed by atoms with Crippen molar-refractivity contribution >= 4 is 0 Å². The zero-order valence-electron chi connectivity index (χ0n) is 18.1. The zero-order chi connectivity index (χ0) is 20.7. The van der Waals surface area contributed by atoms with Crippen LogP contribution < -0.4 is 4.74 Å². The molecule has 1 N–H and O–H groups in total. The second kappa shape index (κ2) is 10.4. The fourth-order valence-corrected chi connectivity index (χ4v) is 5.26. The van der Waals surface area contributed by atoms with E-state index in [2.05, 4.69) is 52.3 Å². The summed E-state index contributed by atoms with van der Waals surface area (Å²) in [7, 11) is 0. The average Bonchev–Trinajstić information content (AvgIpc) is 3.15. The lowest BCUT2D eigenvalue weighted by Crippen LogP contribution is -2.45. The Kier molecular flexibility index (Phi) is 7.42. The van der Waals surface area contributed by atoms with Gasteiger partial charge < -0.3 is 14.7 Å². The predicted octanol–water partition coefficient (Wildman–Crippen LogP) is 3.98. The van der Waals surface area contributed by atoms with Crippen LogP contribution in [-0.4, -0.2) is 60.8 Å². The van der Waals surface area contributed by atoms with Crippen LogP contribution in [0.5, 0.6) is 5.75 Å². The van der Waals surface area contributed by atoms with E-state index in [9.17, 15) is 0 Å². The van der Waals surface area contributed by atoms with Crippen LogP contribution in [0, 0.1) is 5.41 Å². The molecule has 2 fully saturated rings. The summed E-state index contributed by atoms with van der Waals surface area (Å²) < 4.78 is 5.47. The van der Waals surface area contributed by atoms with Gasteiger partial charge in [0.25, 0.3) is 0 Å². The summed E-state index contributed by atoms with van der Waals surface area (Å²) >= 11 is 0. The van der Waals surface area contributed by atoms with E-state index in [1.54, 1.807) is 0 Å². The first kappa shape index (κ1) is 21.4.